The SMILES string of the molecule is CN(CCC#N)C(=O)CSc1ncccc1C(=O)O. The number of carboxylic acids is 1. The van der Waals surface area contributed by atoms with Gasteiger partial charge in [0, 0.05) is 19.8 Å². The zero-order chi connectivity index (χ0) is 14.3. The highest BCUT2D eigenvalue weighted by Crippen LogP contribution is 2.20. The first-order chi connectivity index (χ1) is 9.06. The number of pyridine rings is 1. The second-order valence-corrected chi connectivity index (χ2v) is 4.64. The highest BCUT2D eigenvalue weighted by atomic mass is 32.2. The number of aromatic carboxylic acids is 1. The number of carbonyl (C=O) groups excluding carboxylic acids is 1. The molecule has 0 spiro atoms. The zero-order valence-electron chi connectivity index (χ0n) is 10.4. The Kier molecular flexibility index (Phi) is 5.82. The first-order valence-corrected chi connectivity index (χ1v) is 6.47. The summed E-state index contributed by atoms with van der Waals surface area (Å²) in [6.45, 7) is 0.365. The van der Waals surface area contributed by atoms with Crippen LogP contribution in [0.3, 0.4) is 0 Å². The Morgan fingerprint density at radius 1 is 1.58 bits per heavy atom. The van der Waals surface area contributed by atoms with Crippen molar-refractivity contribution in [2.24, 2.45) is 0 Å². The lowest BCUT2D eigenvalue weighted by atomic mass is 10.3. The lowest BCUT2D eigenvalue weighted by Crippen LogP contribution is -2.29. The Morgan fingerprint density at radius 2 is 2.32 bits per heavy atom. The molecule has 0 radical (unpaired) electrons. The van der Waals surface area contributed by atoms with E-state index in [0.717, 1.165) is 11.8 Å². The average molecular weight is 279 g/mol. The molecule has 6 nitrogen and oxygen atoms in total. The maximum absolute atomic E-state index is 11.7. The maximum atomic E-state index is 11.7. The molecule has 0 bridgehead atoms. The van der Waals surface area contributed by atoms with Crippen LogP contribution in [-0.2, 0) is 4.79 Å². The number of carbonyl (C=O) groups is 2. The van der Waals surface area contributed by atoms with Crippen molar-refractivity contribution in [2.45, 2.75) is 11.4 Å². The first kappa shape index (κ1) is 15.0. The van der Waals surface area contributed by atoms with Gasteiger partial charge in [-0.2, -0.15) is 5.26 Å². The Balaban J connectivity index is 2.60. The van der Waals surface area contributed by atoms with Gasteiger partial charge in [-0.25, -0.2) is 9.78 Å². The van der Waals surface area contributed by atoms with Gasteiger partial charge in [-0.1, -0.05) is 11.8 Å². The summed E-state index contributed by atoms with van der Waals surface area (Å²) < 4.78 is 0. The van der Waals surface area contributed by atoms with E-state index < -0.39 is 5.97 Å². The molecule has 0 saturated carbocycles. The molecule has 0 unspecified atom stereocenters. The third kappa shape index (κ3) is 4.60. The predicted octanol–water partition coefficient (Wildman–Crippen LogP) is 1.24. The molecule has 1 N–H and O–H groups in total. The van der Waals surface area contributed by atoms with Crippen molar-refractivity contribution in [1.29, 1.82) is 5.26 Å². The normalized spacial score (nSPS) is 9.68. The van der Waals surface area contributed by atoms with Crippen LogP contribution in [0.4, 0.5) is 0 Å². The Morgan fingerprint density at radius 3 is 2.95 bits per heavy atom. The summed E-state index contributed by atoms with van der Waals surface area (Å²) in [5.74, 6) is -1.14. The quantitative estimate of drug-likeness (QED) is 0.787. The summed E-state index contributed by atoms with van der Waals surface area (Å²) >= 11 is 1.08. The minimum Gasteiger partial charge on any atom is -0.478 e. The predicted molar refractivity (Wildman–Crippen MR) is 69.8 cm³/mol. The van der Waals surface area contributed by atoms with E-state index in [1.165, 1.54) is 23.2 Å². The summed E-state index contributed by atoms with van der Waals surface area (Å²) in [5, 5.41) is 17.7. The van der Waals surface area contributed by atoms with Crippen LogP contribution in [0.5, 0.6) is 0 Å². The number of nitrogens with zero attached hydrogens (tertiary/aromatic N) is 3. The van der Waals surface area contributed by atoms with Crippen molar-refractivity contribution in [3.8, 4) is 6.07 Å². The van der Waals surface area contributed by atoms with E-state index >= 15 is 0 Å². The van der Waals surface area contributed by atoms with Gasteiger partial charge in [0.1, 0.15) is 5.03 Å². The summed E-state index contributed by atoms with van der Waals surface area (Å²) in [6, 6.07) is 4.94. The van der Waals surface area contributed by atoms with Crippen molar-refractivity contribution >= 4 is 23.6 Å². The van der Waals surface area contributed by atoms with Crippen molar-refractivity contribution in [1.82, 2.24) is 9.88 Å². The van der Waals surface area contributed by atoms with Crippen molar-refractivity contribution in [3.05, 3.63) is 23.9 Å². The van der Waals surface area contributed by atoms with Crippen LogP contribution in [0.25, 0.3) is 0 Å². The smallest absolute Gasteiger partial charge is 0.338 e. The van der Waals surface area contributed by atoms with Gasteiger partial charge >= 0.3 is 5.97 Å². The van der Waals surface area contributed by atoms with E-state index in [1.54, 1.807) is 7.05 Å². The lowest BCUT2D eigenvalue weighted by molar-refractivity contribution is -0.127. The molecule has 0 saturated heterocycles. The number of hydrogen-bond donors (Lipinski definition) is 1. The van der Waals surface area contributed by atoms with Gasteiger partial charge < -0.3 is 10.0 Å². The summed E-state index contributed by atoms with van der Waals surface area (Å²) in [5.41, 5.74) is 0.0833. The molecular weight excluding hydrogens is 266 g/mol. The number of hydrogen-bond acceptors (Lipinski definition) is 5. The fourth-order valence-electron chi connectivity index (χ4n) is 1.25. The van der Waals surface area contributed by atoms with Gasteiger partial charge in [0.25, 0.3) is 0 Å². The molecule has 100 valence electrons. The van der Waals surface area contributed by atoms with Crippen LogP contribution in [0, 0.1) is 11.3 Å². The van der Waals surface area contributed by atoms with Crippen molar-refractivity contribution in [3.63, 3.8) is 0 Å². The molecule has 0 atom stereocenters. The minimum absolute atomic E-state index is 0.0833. The largest absolute Gasteiger partial charge is 0.478 e. The molecule has 0 aliphatic heterocycles. The first-order valence-electron chi connectivity index (χ1n) is 5.48. The Hall–Kier alpha value is -2.07. The molecule has 1 heterocycles. The molecule has 1 aromatic heterocycles. The number of amides is 1. The van der Waals surface area contributed by atoms with Crippen LogP contribution < -0.4 is 0 Å². The van der Waals surface area contributed by atoms with E-state index in [1.807, 2.05) is 6.07 Å². The topological polar surface area (TPSA) is 94.3 Å². The highest BCUT2D eigenvalue weighted by Gasteiger charge is 2.14. The molecule has 7 heteroatoms. The van der Waals surface area contributed by atoms with Crippen LogP contribution in [-0.4, -0.2) is 46.2 Å². The number of nitriles is 1. The number of carboxylic acid groups (broad SMARTS) is 1. The minimum atomic E-state index is -1.07. The van der Waals surface area contributed by atoms with Gasteiger partial charge in [-0.05, 0) is 12.1 Å². The second kappa shape index (κ2) is 7.38. The van der Waals surface area contributed by atoms with E-state index in [9.17, 15) is 9.59 Å². The number of aromatic nitrogens is 1. The third-order valence-electron chi connectivity index (χ3n) is 2.32. The summed E-state index contributed by atoms with van der Waals surface area (Å²) in [7, 11) is 1.61. The van der Waals surface area contributed by atoms with Crippen LogP contribution in [0.2, 0.25) is 0 Å². The molecule has 19 heavy (non-hydrogen) atoms. The fourth-order valence-corrected chi connectivity index (χ4v) is 2.18. The van der Waals surface area contributed by atoms with E-state index in [-0.39, 0.29) is 23.6 Å². The van der Waals surface area contributed by atoms with Gasteiger partial charge in [-0.3, -0.25) is 4.79 Å². The maximum Gasteiger partial charge on any atom is 0.338 e. The third-order valence-corrected chi connectivity index (χ3v) is 3.31. The molecule has 0 aliphatic rings. The van der Waals surface area contributed by atoms with Gasteiger partial charge in [0.2, 0.25) is 5.91 Å². The van der Waals surface area contributed by atoms with Gasteiger partial charge in [-0.15, -0.1) is 0 Å². The Bertz CT molecular complexity index is 513. The molecule has 0 aliphatic carbocycles. The molecule has 1 amide bonds. The van der Waals surface area contributed by atoms with Crippen LogP contribution in [0.15, 0.2) is 23.4 Å². The molecular formula is C12H13N3O3S. The average Bonchev–Trinajstić information content (AvgIpc) is 2.42. The fraction of sp³-hybridized carbons (Fsp3) is 0.333. The van der Waals surface area contributed by atoms with Crippen LogP contribution in [0.1, 0.15) is 16.8 Å². The number of thioether (sulfide) groups is 1. The van der Waals surface area contributed by atoms with Crippen molar-refractivity contribution < 1.29 is 14.7 Å². The molecule has 1 rings (SSSR count). The zero-order valence-corrected chi connectivity index (χ0v) is 11.2. The molecule has 0 fully saturated rings. The van der Waals surface area contributed by atoms with E-state index in [4.69, 9.17) is 10.4 Å². The lowest BCUT2D eigenvalue weighted by Gasteiger charge is -2.15. The van der Waals surface area contributed by atoms with Crippen LogP contribution >= 0.6 is 11.8 Å². The van der Waals surface area contributed by atoms with Crippen molar-refractivity contribution in [2.75, 3.05) is 19.3 Å². The monoisotopic (exact) mass is 279 g/mol. The van der Waals surface area contributed by atoms with Gasteiger partial charge in [0.15, 0.2) is 0 Å². The standard InChI is InChI=1S/C12H13N3O3S/c1-15(7-3-5-13)10(16)8-19-11-9(12(17)18)4-2-6-14-11/h2,4,6H,3,7-8H2,1H3,(H,17,18). The Labute approximate surface area is 115 Å². The summed E-state index contributed by atoms with van der Waals surface area (Å²) in [6.07, 6.45) is 1.76. The molecule has 1 aromatic rings. The number of rotatable bonds is 6. The second-order valence-electron chi connectivity index (χ2n) is 3.67. The van der Waals surface area contributed by atoms with Gasteiger partial charge in [0.05, 0.1) is 23.8 Å². The highest BCUT2D eigenvalue weighted by molar-refractivity contribution is 8.00. The summed E-state index contributed by atoms with van der Waals surface area (Å²) in [4.78, 5) is 28.1. The van der Waals surface area contributed by atoms with E-state index in [2.05, 4.69) is 4.98 Å². The molecule has 0 aromatic carbocycles. The van der Waals surface area contributed by atoms with E-state index in [0.29, 0.717) is 11.6 Å².